The van der Waals surface area contributed by atoms with Gasteiger partial charge in [-0.2, -0.15) is 9.97 Å². The van der Waals surface area contributed by atoms with E-state index in [2.05, 4.69) is 30.3 Å². The van der Waals surface area contributed by atoms with E-state index >= 15 is 17.6 Å². The molecule has 7 aliphatic rings. The Labute approximate surface area is 397 Å². The first-order chi connectivity index (χ1) is 33.4. The van der Waals surface area contributed by atoms with Crippen LogP contribution in [-0.4, -0.2) is 125 Å². The number of halogens is 4. The number of hydrogen-bond donors (Lipinski definition) is 3. The Morgan fingerprint density at radius 1 is 0.855 bits per heavy atom. The second kappa shape index (κ2) is 17.3. The molecule has 7 fully saturated rings. The van der Waals surface area contributed by atoms with Crippen LogP contribution in [0.25, 0.3) is 32.9 Å². The molecule has 2 aliphatic carbocycles. The fraction of sp³-hybridized carbons (Fsp3) is 0.519. The number of pyridine rings is 1. The van der Waals surface area contributed by atoms with Gasteiger partial charge in [0.1, 0.15) is 40.2 Å². The van der Waals surface area contributed by atoms with Crippen molar-refractivity contribution < 1.29 is 37.0 Å². The van der Waals surface area contributed by atoms with E-state index in [9.17, 15) is 14.7 Å². The van der Waals surface area contributed by atoms with Crippen LogP contribution >= 0.6 is 0 Å². The molecule has 7 heterocycles. The predicted octanol–water partition coefficient (Wildman–Crippen LogP) is 6.82. The number of likely N-dealkylation sites (tertiary alicyclic amines) is 1. The number of rotatable bonds is 11. The minimum absolute atomic E-state index is 0.0218. The lowest BCUT2D eigenvalue weighted by atomic mass is 9.89. The van der Waals surface area contributed by atoms with Gasteiger partial charge in [0.2, 0.25) is 11.8 Å². The lowest BCUT2D eigenvalue weighted by molar-refractivity contribution is -0.134. The van der Waals surface area contributed by atoms with Crippen molar-refractivity contribution in [3.63, 3.8) is 0 Å². The third-order valence-electron chi connectivity index (χ3n) is 16.6. The molecule has 5 aromatic rings. The van der Waals surface area contributed by atoms with Crippen molar-refractivity contribution >= 4 is 45.0 Å². The Balaban J connectivity index is 0.711. The molecule has 6 atom stereocenters. The number of ether oxygens (including phenoxy) is 1. The Morgan fingerprint density at radius 3 is 2.26 bits per heavy atom. The molecule has 13 nitrogen and oxygen atoms in total. The molecular formula is C52H57F4N9O4. The number of aromatic nitrogens is 3. The average molecular weight is 948 g/mol. The number of amides is 2. The van der Waals surface area contributed by atoms with Gasteiger partial charge < -0.3 is 29.9 Å². The van der Waals surface area contributed by atoms with Gasteiger partial charge in [-0.05, 0) is 110 Å². The van der Waals surface area contributed by atoms with Gasteiger partial charge in [0, 0.05) is 112 Å². The molecule has 2 amide bonds. The highest BCUT2D eigenvalue weighted by molar-refractivity contribution is 6.02. The van der Waals surface area contributed by atoms with E-state index in [0.29, 0.717) is 108 Å². The lowest BCUT2D eigenvalue weighted by Crippen LogP contribution is -2.51. The number of piperazine rings is 2. The molecule has 2 bridgehead atoms. The molecule has 362 valence electrons. The van der Waals surface area contributed by atoms with E-state index < -0.39 is 41.0 Å². The minimum Gasteiger partial charge on any atom is -0.508 e. The zero-order chi connectivity index (χ0) is 47.3. The first-order valence-electron chi connectivity index (χ1n) is 24.9. The monoisotopic (exact) mass is 947 g/mol. The number of hydrogen-bond acceptors (Lipinski definition) is 12. The summed E-state index contributed by atoms with van der Waals surface area (Å²) in [6, 6.07) is 9.80. The van der Waals surface area contributed by atoms with Gasteiger partial charge in [0.25, 0.3) is 0 Å². The SMILES string of the molecule is CCc1c(F)ccc2cc(O)cc(-c3ncc4c(N5CC6CCC(C5)N6)nc(OCC5(CN6C[C@H]7CC(N8CCN(c9cc(F)c(C%10CCC(=O)NC%10=O)c(F)c9)CC8)C[C@H]7C6)CC5)nc4c3F)c12. The molecule has 12 rings (SSSR count). The molecule has 3 aromatic carbocycles. The number of imide groups is 1. The zero-order valence-electron chi connectivity index (χ0n) is 38.8. The first-order valence-corrected chi connectivity index (χ1v) is 24.9. The number of piperidine rings is 1. The van der Waals surface area contributed by atoms with Crippen LogP contribution in [0, 0.1) is 40.5 Å². The van der Waals surface area contributed by atoms with E-state index in [1.165, 1.54) is 24.3 Å². The van der Waals surface area contributed by atoms with Crippen LogP contribution in [0.15, 0.2) is 42.6 Å². The van der Waals surface area contributed by atoms with Crippen LogP contribution in [0.1, 0.15) is 75.3 Å². The minimum atomic E-state index is -1.02. The Kier molecular flexibility index (Phi) is 11.2. The largest absolute Gasteiger partial charge is 0.508 e. The van der Waals surface area contributed by atoms with Gasteiger partial charge in [-0.25, -0.2) is 17.6 Å². The van der Waals surface area contributed by atoms with Crippen LogP contribution in [0.2, 0.25) is 0 Å². The number of carbonyl (C=O) groups excluding carboxylic acids is 2. The number of phenolic OH excluding ortho intramolecular Hbond substituents is 1. The number of anilines is 2. The second-order valence-corrected chi connectivity index (χ2v) is 21.0. The summed E-state index contributed by atoms with van der Waals surface area (Å²) in [5, 5.41) is 18.2. The van der Waals surface area contributed by atoms with E-state index in [-0.39, 0.29) is 46.8 Å². The summed E-state index contributed by atoms with van der Waals surface area (Å²) in [6.45, 7) is 9.54. The smallest absolute Gasteiger partial charge is 0.319 e. The first kappa shape index (κ1) is 44.6. The average Bonchev–Trinajstić information content (AvgIpc) is 3.62. The molecule has 4 unspecified atom stereocenters. The summed E-state index contributed by atoms with van der Waals surface area (Å²) in [5.41, 5.74) is 0.928. The molecule has 5 saturated heterocycles. The van der Waals surface area contributed by atoms with Gasteiger partial charge in [-0.15, -0.1) is 0 Å². The van der Waals surface area contributed by atoms with Crippen molar-refractivity contribution in [1.29, 1.82) is 0 Å². The molecule has 0 spiro atoms. The fourth-order valence-electron chi connectivity index (χ4n) is 12.9. The van der Waals surface area contributed by atoms with Crippen LogP contribution < -0.4 is 25.2 Å². The van der Waals surface area contributed by atoms with Crippen LogP contribution in [-0.2, 0) is 16.0 Å². The molecule has 3 N–H and O–H groups in total. The van der Waals surface area contributed by atoms with Crippen molar-refractivity contribution in [2.45, 2.75) is 88.8 Å². The molecule has 17 heteroatoms. The molecular weight excluding hydrogens is 891 g/mol. The predicted molar refractivity (Wildman–Crippen MR) is 252 cm³/mol. The van der Waals surface area contributed by atoms with Gasteiger partial charge in [0.15, 0.2) is 5.82 Å². The summed E-state index contributed by atoms with van der Waals surface area (Å²) in [4.78, 5) is 47.7. The quantitative estimate of drug-likeness (QED) is 0.0947. The summed E-state index contributed by atoms with van der Waals surface area (Å²) in [7, 11) is 0. The fourth-order valence-corrected chi connectivity index (χ4v) is 12.9. The third kappa shape index (κ3) is 8.21. The van der Waals surface area contributed by atoms with Gasteiger partial charge in [0.05, 0.1) is 17.9 Å². The van der Waals surface area contributed by atoms with Crippen LogP contribution in [0.3, 0.4) is 0 Å². The standard InChI is InChI=1S/C52H57F4N9O4/c1-2-36-40(53)7-3-28-17-35(66)20-38(44(28)36)47-46(56)48-39(21-57-47)49(65-24-31-4-5-32(25-65)58-31)61-51(60-48)69-27-52(9-10-52)26-62-22-29-15-33(16-30(29)23-62)63-11-13-64(14-12-63)34-18-41(54)45(42(55)19-34)37-6-8-43(67)59-50(37)68/h3,7,17-21,29-33,37,58,66H,2,4-6,8-16,22-27H2,1H3,(H,59,67,68)/t29-,30+,31?,32?,33?,37?. The Morgan fingerprint density at radius 2 is 1.58 bits per heavy atom. The summed E-state index contributed by atoms with van der Waals surface area (Å²) >= 11 is 0. The van der Waals surface area contributed by atoms with Gasteiger partial charge in [-0.1, -0.05) is 13.0 Å². The van der Waals surface area contributed by atoms with Crippen molar-refractivity contribution in [3.8, 4) is 23.0 Å². The maximum absolute atomic E-state index is 17.2. The summed E-state index contributed by atoms with van der Waals surface area (Å²) < 4.78 is 69.6. The number of carbonyl (C=O) groups is 2. The maximum atomic E-state index is 17.2. The van der Waals surface area contributed by atoms with Crippen LogP contribution in [0.5, 0.6) is 11.8 Å². The molecule has 69 heavy (non-hydrogen) atoms. The highest BCUT2D eigenvalue weighted by Crippen LogP contribution is 2.49. The Bertz CT molecular complexity index is 2840. The van der Waals surface area contributed by atoms with Crippen molar-refractivity contribution in [3.05, 3.63) is 77.0 Å². The van der Waals surface area contributed by atoms with Crippen LogP contribution in [0.4, 0.5) is 29.1 Å². The number of nitrogens with one attached hydrogen (secondary N) is 2. The van der Waals surface area contributed by atoms with Gasteiger partial charge in [-0.3, -0.25) is 24.8 Å². The summed E-state index contributed by atoms with van der Waals surface area (Å²) in [6.07, 6.45) is 8.50. The molecule has 0 radical (unpaired) electrons. The molecule has 5 aliphatic heterocycles. The second-order valence-electron chi connectivity index (χ2n) is 21.0. The molecule has 2 saturated carbocycles. The zero-order valence-corrected chi connectivity index (χ0v) is 38.8. The number of aryl methyl sites for hydroxylation is 1. The highest BCUT2D eigenvalue weighted by Gasteiger charge is 2.49. The molecule has 2 aromatic heterocycles. The highest BCUT2D eigenvalue weighted by atomic mass is 19.1. The number of fused-ring (bicyclic) bond motifs is 5. The van der Waals surface area contributed by atoms with E-state index in [0.717, 1.165) is 71.2 Å². The van der Waals surface area contributed by atoms with Gasteiger partial charge >= 0.3 is 6.01 Å². The lowest BCUT2D eigenvalue weighted by Gasteiger charge is -2.39. The maximum Gasteiger partial charge on any atom is 0.319 e. The van der Waals surface area contributed by atoms with E-state index in [1.807, 2.05) is 11.8 Å². The topological polar surface area (TPSA) is 139 Å². The van der Waals surface area contributed by atoms with Crippen molar-refractivity contribution in [1.82, 2.24) is 35.4 Å². The number of benzene rings is 3. The number of aromatic hydroxyl groups is 1. The number of phenols is 1. The van der Waals surface area contributed by atoms with Crippen molar-refractivity contribution in [2.24, 2.45) is 17.3 Å². The number of nitrogens with zero attached hydrogens (tertiary/aromatic N) is 7. The summed E-state index contributed by atoms with van der Waals surface area (Å²) in [5.74, 6) is -2.98. The normalized spacial score (nSPS) is 26.9. The van der Waals surface area contributed by atoms with E-state index in [1.54, 1.807) is 18.3 Å². The van der Waals surface area contributed by atoms with E-state index in [4.69, 9.17) is 14.7 Å². The van der Waals surface area contributed by atoms with Crippen molar-refractivity contribution in [2.75, 3.05) is 75.3 Å². The third-order valence-corrected chi connectivity index (χ3v) is 16.6. The Hall–Kier alpha value is -5.65.